The van der Waals surface area contributed by atoms with E-state index in [-0.39, 0.29) is 17.1 Å². The lowest BCUT2D eigenvalue weighted by Crippen LogP contribution is -2.20. The van der Waals surface area contributed by atoms with E-state index >= 15 is 0 Å². The van der Waals surface area contributed by atoms with Crippen LogP contribution in [0.1, 0.15) is 17.3 Å². The molecule has 0 spiro atoms. The number of ketones is 1. The number of hydrogen-bond donors (Lipinski definition) is 0. The monoisotopic (exact) mass is 493 g/mol. The topological polar surface area (TPSA) is 74.2 Å². The van der Waals surface area contributed by atoms with Crippen molar-refractivity contribution >= 4 is 45.1 Å². The van der Waals surface area contributed by atoms with Crippen LogP contribution in [-0.2, 0) is 13.6 Å². The number of fused-ring (bicyclic) bond motifs is 4. The van der Waals surface area contributed by atoms with Gasteiger partial charge in [0.05, 0.1) is 27.9 Å². The van der Waals surface area contributed by atoms with Gasteiger partial charge in [-0.05, 0) is 30.7 Å². The molecule has 0 aliphatic carbocycles. The van der Waals surface area contributed by atoms with Gasteiger partial charge >= 0.3 is 0 Å². The van der Waals surface area contributed by atoms with Gasteiger partial charge in [-0.15, -0.1) is 10.2 Å². The molecule has 36 heavy (non-hydrogen) atoms. The summed E-state index contributed by atoms with van der Waals surface area (Å²) in [7, 11) is 1.68. The summed E-state index contributed by atoms with van der Waals surface area (Å²) in [6.07, 6.45) is 0. The lowest BCUT2D eigenvalue weighted by atomic mass is 10.0. The lowest BCUT2D eigenvalue weighted by molar-refractivity contribution is 0.102. The molecule has 0 fully saturated rings. The van der Waals surface area contributed by atoms with Gasteiger partial charge < -0.3 is 4.57 Å². The lowest BCUT2D eigenvalue weighted by Gasteiger charge is -2.10. The number of rotatable bonds is 6. The van der Waals surface area contributed by atoms with Gasteiger partial charge in [0.25, 0.3) is 5.56 Å². The van der Waals surface area contributed by atoms with E-state index in [1.807, 2.05) is 71.1 Å². The van der Waals surface area contributed by atoms with Gasteiger partial charge in [-0.25, -0.2) is 0 Å². The largest absolute Gasteiger partial charge is 0.340 e. The van der Waals surface area contributed by atoms with Crippen molar-refractivity contribution < 1.29 is 4.79 Å². The molecular formula is C28H23N5O2S. The van der Waals surface area contributed by atoms with Gasteiger partial charge in [0.15, 0.2) is 10.9 Å². The van der Waals surface area contributed by atoms with Crippen LogP contribution in [0.2, 0.25) is 0 Å². The average molecular weight is 494 g/mol. The van der Waals surface area contributed by atoms with E-state index in [1.54, 1.807) is 13.1 Å². The number of aryl methyl sites for hydroxylation is 2. The average Bonchev–Trinajstić information content (AvgIpc) is 3.50. The predicted octanol–water partition coefficient (Wildman–Crippen LogP) is 5.20. The molecule has 0 radical (unpaired) electrons. The Morgan fingerprint density at radius 3 is 2.28 bits per heavy atom. The third-order valence-corrected chi connectivity index (χ3v) is 7.47. The number of hydrogen-bond acceptors (Lipinski definition) is 5. The van der Waals surface area contributed by atoms with Crippen molar-refractivity contribution in [2.24, 2.45) is 7.05 Å². The molecule has 0 amide bonds. The normalized spacial score (nSPS) is 11.6. The molecule has 0 N–H and O–H groups in total. The minimum Gasteiger partial charge on any atom is -0.340 e. The summed E-state index contributed by atoms with van der Waals surface area (Å²) < 4.78 is 5.55. The van der Waals surface area contributed by atoms with Gasteiger partial charge in [-0.2, -0.15) is 0 Å². The van der Waals surface area contributed by atoms with E-state index < -0.39 is 0 Å². The van der Waals surface area contributed by atoms with Crippen LogP contribution in [0.3, 0.4) is 0 Å². The Bertz CT molecular complexity index is 1830. The molecular weight excluding hydrogens is 470 g/mol. The van der Waals surface area contributed by atoms with Crippen molar-refractivity contribution in [1.82, 2.24) is 23.7 Å². The molecule has 0 saturated heterocycles. The van der Waals surface area contributed by atoms with E-state index in [2.05, 4.69) is 27.8 Å². The first-order chi connectivity index (χ1) is 17.6. The van der Waals surface area contributed by atoms with Crippen LogP contribution in [0.5, 0.6) is 0 Å². The highest BCUT2D eigenvalue weighted by atomic mass is 32.2. The van der Waals surface area contributed by atoms with Gasteiger partial charge in [0, 0.05) is 24.5 Å². The molecule has 3 aromatic heterocycles. The number of benzene rings is 3. The van der Waals surface area contributed by atoms with Crippen LogP contribution in [0.25, 0.3) is 38.8 Å². The zero-order valence-electron chi connectivity index (χ0n) is 19.9. The van der Waals surface area contributed by atoms with Crippen molar-refractivity contribution in [1.29, 1.82) is 0 Å². The van der Waals surface area contributed by atoms with E-state index in [9.17, 15) is 9.59 Å². The number of nitrogens with zero attached hydrogens (tertiary/aromatic N) is 5. The first-order valence-electron chi connectivity index (χ1n) is 11.8. The van der Waals surface area contributed by atoms with Gasteiger partial charge in [-0.1, -0.05) is 72.4 Å². The summed E-state index contributed by atoms with van der Waals surface area (Å²) in [6, 6.07) is 25.5. The summed E-state index contributed by atoms with van der Waals surface area (Å²) in [6.45, 7) is 2.85. The highest BCUT2D eigenvalue weighted by Crippen LogP contribution is 2.35. The molecule has 0 bridgehead atoms. The van der Waals surface area contributed by atoms with E-state index in [1.165, 1.54) is 16.3 Å². The Balaban J connectivity index is 1.46. The molecule has 0 saturated carbocycles. The summed E-state index contributed by atoms with van der Waals surface area (Å²) >= 11 is 1.33. The fourth-order valence-corrected chi connectivity index (χ4v) is 5.73. The van der Waals surface area contributed by atoms with Gasteiger partial charge in [0.2, 0.25) is 5.78 Å². The number of carbonyl (C=O) groups is 1. The Morgan fingerprint density at radius 1 is 0.861 bits per heavy atom. The molecule has 3 heterocycles. The maximum Gasteiger partial charge on any atom is 0.262 e. The Hall–Kier alpha value is -4.17. The molecule has 0 atom stereocenters. The number of para-hydroxylation sites is 2. The van der Waals surface area contributed by atoms with Crippen LogP contribution < -0.4 is 5.56 Å². The maximum absolute atomic E-state index is 13.9. The molecule has 6 aromatic rings. The maximum atomic E-state index is 13.9. The Labute approximate surface area is 211 Å². The van der Waals surface area contributed by atoms with Crippen LogP contribution in [-0.4, -0.2) is 35.3 Å². The minimum atomic E-state index is -0.127. The van der Waals surface area contributed by atoms with Crippen LogP contribution in [0.15, 0.2) is 88.8 Å². The fraction of sp³-hybridized carbons (Fsp3) is 0.143. The van der Waals surface area contributed by atoms with Gasteiger partial charge in [-0.3, -0.25) is 18.6 Å². The fourth-order valence-electron chi connectivity index (χ4n) is 4.92. The molecule has 0 aliphatic rings. The van der Waals surface area contributed by atoms with Crippen molar-refractivity contribution in [2.45, 2.75) is 18.6 Å². The van der Waals surface area contributed by atoms with Crippen LogP contribution in [0, 0.1) is 0 Å². The van der Waals surface area contributed by atoms with Crippen molar-refractivity contribution in [3.63, 3.8) is 0 Å². The van der Waals surface area contributed by atoms with E-state index in [0.29, 0.717) is 16.3 Å². The molecule has 3 aromatic carbocycles. The second-order valence-electron chi connectivity index (χ2n) is 8.56. The van der Waals surface area contributed by atoms with Gasteiger partial charge in [0.1, 0.15) is 0 Å². The second-order valence-corrected chi connectivity index (χ2v) is 9.50. The molecule has 8 heteroatoms. The third kappa shape index (κ3) is 3.37. The Kier molecular flexibility index (Phi) is 5.45. The SMILES string of the molecule is CCn1c(-c2ccccc2)c(C(=O)CSc2nnc3n(C)c(=O)c4ccccc4n23)c2ccccc21. The molecule has 0 aliphatic heterocycles. The van der Waals surface area contributed by atoms with E-state index in [0.717, 1.165) is 39.8 Å². The number of aromatic nitrogens is 5. The highest BCUT2D eigenvalue weighted by Gasteiger charge is 2.24. The zero-order valence-corrected chi connectivity index (χ0v) is 20.7. The summed E-state index contributed by atoms with van der Waals surface area (Å²) in [5.74, 6) is 0.657. The van der Waals surface area contributed by atoms with Crippen LogP contribution in [0.4, 0.5) is 0 Å². The summed E-state index contributed by atoms with van der Waals surface area (Å²) in [5, 5.41) is 10.7. The predicted molar refractivity (Wildman–Crippen MR) is 144 cm³/mol. The van der Waals surface area contributed by atoms with E-state index in [4.69, 9.17) is 0 Å². The summed E-state index contributed by atoms with van der Waals surface area (Å²) in [5.41, 5.74) is 4.31. The molecule has 7 nitrogen and oxygen atoms in total. The summed E-state index contributed by atoms with van der Waals surface area (Å²) in [4.78, 5) is 26.6. The first-order valence-corrected chi connectivity index (χ1v) is 12.7. The van der Waals surface area contributed by atoms with Crippen molar-refractivity contribution in [3.05, 3.63) is 94.8 Å². The van der Waals surface area contributed by atoms with Crippen LogP contribution >= 0.6 is 11.8 Å². The Morgan fingerprint density at radius 2 is 1.53 bits per heavy atom. The molecule has 0 unspecified atom stereocenters. The number of Topliss-reactive ketones (excluding diaryl/α,β-unsaturated/α-hetero) is 1. The second kappa shape index (κ2) is 8.80. The first kappa shape index (κ1) is 22.3. The number of carbonyl (C=O) groups excluding carboxylic acids is 1. The quantitative estimate of drug-likeness (QED) is 0.236. The minimum absolute atomic E-state index is 0.0214. The zero-order chi connectivity index (χ0) is 24.8. The van der Waals surface area contributed by atoms with Crippen molar-refractivity contribution in [3.8, 4) is 11.3 Å². The standard InChI is InChI=1S/C28H23N5O2S/c1-3-32-21-15-9-7-13-19(21)24(25(32)18-11-5-4-6-12-18)23(34)17-36-28-30-29-27-31(2)26(35)20-14-8-10-16-22(20)33(27)28/h4-16H,3,17H2,1-2H3. The molecule has 6 rings (SSSR count). The number of thioether (sulfide) groups is 1. The smallest absolute Gasteiger partial charge is 0.262 e. The van der Waals surface area contributed by atoms with Crippen molar-refractivity contribution in [2.75, 3.05) is 5.75 Å². The highest BCUT2D eigenvalue weighted by molar-refractivity contribution is 7.99. The molecule has 178 valence electrons. The third-order valence-electron chi connectivity index (χ3n) is 6.54.